The van der Waals surface area contributed by atoms with E-state index in [1.165, 1.54) is 12.1 Å². The van der Waals surface area contributed by atoms with E-state index >= 15 is 0 Å². The fourth-order valence-corrected chi connectivity index (χ4v) is 3.72. The van der Waals surface area contributed by atoms with Gasteiger partial charge < -0.3 is 5.32 Å². The number of terminal acetylenes is 1. The molecule has 5 heteroatoms. The molecule has 3 aromatic heterocycles. The van der Waals surface area contributed by atoms with Crippen molar-refractivity contribution in [1.82, 2.24) is 9.38 Å². The van der Waals surface area contributed by atoms with Crippen molar-refractivity contribution in [1.29, 1.82) is 0 Å². The van der Waals surface area contributed by atoms with Crippen molar-refractivity contribution in [3.05, 3.63) is 76.5 Å². The first-order valence-corrected chi connectivity index (χ1v) is 9.05. The largest absolute Gasteiger partial charge is 0.365 e. The number of aryl methyl sites for hydroxylation is 1. The average molecular weight is 361 g/mol. The molecule has 4 aromatic rings. The molecule has 26 heavy (non-hydrogen) atoms. The summed E-state index contributed by atoms with van der Waals surface area (Å²) in [5.74, 6) is 3.37. The molecule has 0 saturated heterocycles. The van der Waals surface area contributed by atoms with Crippen LogP contribution in [0.25, 0.3) is 16.2 Å². The lowest BCUT2D eigenvalue weighted by atomic mass is 10.2. The third-order valence-electron chi connectivity index (χ3n) is 4.19. The van der Waals surface area contributed by atoms with Crippen molar-refractivity contribution in [2.24, 2.45) is 0 Å². The molecule has 0 unspecified atom stereocenters. The highest BCUT2D eigenvalue weighted by atomic mass is 32.1. The van der Waals surface area contributed by atoms with Gasteiger partial charge in [-0.3, -0.25) is 4.40 Å². The average Bonchev–Trinajstić information content (AvgIpc) is 3.24. The van der Waals surface area contributed by atoms with Crippen LogP contribution < -0.4 is 5.32 Å². The van der Waals surface area contributed by atoms with E-state index in [1.54, 1.807) is 23.5 Å². The summed E-state index contributed by atoms with van der Waals surface area (Å²) in [7, 11) is 0. The first-order chi connectivity index (χ1) is 12.7. The molecular weight excluding hydrogens is 345 g/mol. The number of pyridine rings is 1. The summed E-state index contributed by atoms with van der Waals surface area (Å²) in [5.41, 5.74) is 4.66. The van der Waals surface area contributed by atoms with Crippen LogP contribution in [0.5, 0.6) is 0 Å². The predicted octanol–water partition coefficient (Wildman–Crippen LogP) is 5.10. The summed E-state index contributed by atoms with van der Waals surface area (Å²) in [4.78, 5) is 5.77. The van der Waals surface area contributed by atoms with Crippen LogP contribution in [0.3, 0.4) is 0 Å². The lowest BCUT2D eigenvalue weighted by Gasteiger charge is -2.09. The second-order valence-electron chi connectivity index (χ2n) is 6.03. The van der Waals surface area contributed by atoms with Gasteiger partial charge in [-0.25, -0.2) is 9.37 Å². The number of nitrogens with zero attached hydrogens (tertiary/aromatic N) is 2. The summed E-state index contributed by atoms with van der Waals surface area (Å²) < 4.78 is 15.1. The lowest BCUT2D eigenvalue weighted by Crippen LogP contribution is -2.03. The molecule has 0 aliphatic heterocycles. The summed E-state index contributed by atoms with van der Waals surface area (Å²) in [6.07, 6.45) is 7.64. The van der Waals surface area contributed by atoms with Crippen LogP contribution in [-0.4, -0.2) is 9.38 Å². The molecule has 0 bridgehead atoms. The van der Waals surface area contributed by atoms with Gasteiger partial charge in [0.2, 0.25) is 0 Å². The number of fused-ring (bicyclic) bond motifs is 1. The minimum Gasteiger partial charge on any atom is -0.365 e. The van der Waals surface area contributed by atoms with Crippen LogP contribution in [0, 0.1) is 25.1 Å². The fourth-order valence-electron chi connectivity index (χ4n) is 2.87. The second kappa shape index (κ2) is 6.66. The first-order valence-electron chi connectivity index (χ1n) is 8.17. The number of benzene rings is 1. The number of hydrogen-bond acceptors (Lipinski definition) is 3. The molecular formula is C21H16FN3S. The normalized spacial score (nSPS) is 10.8. The van der Waals surface area contributed by atoms with Crippen molar-refractivity contribution >= 4 is 22.8 Å². The number of aromatic nitrogens is 2. The number of anilines is 1. The van der Waals surface area contributed by atoms with Crippen LogP contribution in [0.2, 0.25) is 0 Å². The molecule has 4 rings (SSSR count). The molecule has 0 aliphatic carbocycles. The maximum atomic E-state index is 13.1. The monoisotopic (exact) mass is 361 g/mol. The minimum absolute atomic E-state index is 0.239. The Balaban J connectivity index is 1.79. The highest BCUT2D eigenvalue weighted by molar-refractivity contribution is 7.13. The Morgan fingerprint density at radius 3 is 2.81 bits per heavy atom. The third kappa shape index (κ3) is 2.96. The van der Waals surface area contributed by atoms with Crippen LogP contribution in [-0.2, 0) is 6.54 Å². The topological polar surface area (TPSA) is 29.3 Å². The molecule has 0 amide bonds. The zero-order valence-corrected chi connectivity index (χ0v) is 15.0. The maximum Gasteiger partial charge on any atom is 0.139 e. The van der Waals surface area contributed by atoms with Crippen LogP contribution in [0.15, 0.2) is 54.0 Å². The van der Waals surface area contributed by atoms with Gasteiger partial charge in [0.25, 0.3) is 0 Å². The second-order valence-corrected chi connectivity index (χ2v) is 6.95. The van der Waals surface area contributed by atoms with E-state index in [4.69, 9.17) is 11.4 Å². The van der Waals surface area contributed by atoms with E-state index in [0.29, 0.717) is 6.54 Å². The smallest absolute Gasteiger partial charge is 0.139 e. The minimum atomic E-state index is -0.239. The van der Waals surface area contributed by atoms with Gasteiger partial charge >= 0.3 is 0 Å². The van der Waals surface area contributed by atoms with Crippen molar-refractivity contribution < 1.29 is 4.39 Å². The maximum absolute atomic E-state index is 13.1. The Kier molecular flexibility index (Phi) is 4.19. The molecule has 128 valence electrons. The number of nitrogens with one attached hydrogen (secondary N) is 1. The van der Waals surface area contributed by atoms with Gasteiger partial charge in [-0.15, -0.1) is 17.8 Å². The van der Waals surface area contributed by atoms with Crippen LogP contribution in [0.4, 0.5) is 10.2 Å². The van der Waals surface area contributed by atoms with E-state index in [9.17, 15) is 4.39 Å². The van der Waals surface area contributed by atoms with Gasteiger partial charge in [0.05, 0.1) is 4.88 Å². The summed E-state index contributed by atoms with van der Waals surface area (Å²) in [6, 6.07) is 12.5. The summed E-state index contributed by atoms with van der Waals surface area (Å²) in [5, 5.41) is 5.42. The molecule has 0 fully saturated rings. The zero-order valence-electron chi connectivity index (χ0n) is 14.2. The highest BCUT2D eigenvalue weighted by Gasteiger charge is 2.17. The highest BCUT2D eigenvalue weighted by Crippen LogP contribution is 2.35. The molecule has 0 radical (unpaired) electrons. The van der Waals surface area contributed by atoms with Gasteiger partial charge in [-0.2, -0.15) is 0 Å². The Morgan fingerprint density at radius 1 is 1.23 bits per heavy atom. The van der Waals surface area contributed by atoms with Crippen LogP contribution >= 0.6 is 11.3 Å². The van der Waals surface area contributed by atoms with Crippen molar-refractivity contribution in [3.63, 3.8) is 0 Å². The quantitative estimate of drug-likeness (QED) is 0.512. The Labute approximate surface area is 155 Å². The predicted molar refractivity (Wildman–Crippen MR) is 105 cm³/mol. The molecule has 3 heterocycles. The molecule has 0 spiro atoms. The van der Waals surface area contributed by atoms with Crippen molar-refractivity contribution in [3.8, 4) is 22.9 Å². The van der Waals surface area contributed by atoms with Crippen LogP contribution in [0.1, 0.15) is 16.7 Å². The van der Waals surface area contributed by atoms with E-state index in [-0.39, 0.29) is 5.82 Å². The fraction of sp³-hybridized carbons (Fsp3) is 0.0952. The van der Waals surface area contributed by atoms with E-state index in [0.717, 1.165) is 38.7 Å². The molecule has 0 aliphatic rings. The number of hydrogen-bond donors (Lipinski definition) is 1. The van der Waals surface area contributed by atoms with Gasteiger partial charge in [-0.1, -0.05) is 18.1 Å². The SMILES string of the molecule is C#Cc1ccsc1-c1nc2cc(C)ccn2c1NCc1ccc(F)cc1. The third-order valence-corrected chi connectivity index (χ3v) is 5.11. The lowest BCUT2D eigenvalue weighted by molar-refractivity contribution is 0.627. The first kappa shape index (κ1) is 16.4. The molecule has 3 nitrogen and oxygen atoms in total. The van der Waals surface area contributed by atoms with Crippen molar-refractivity contribution in [2.45, 2.75) is 13.5 Å². The Bertz CT molecular complexity index is 1120. The van der Waals surface area contributed by atoms with E-state index in [1.807, 2.05) is 41.1 Å². The number of thiophene rings is 1. The van der Waals surface area contributed by atoms with Crippen molar-refractivity contribution in [2.75, 3.05) is 5.32 Å². The van der Waals surface area contributed by atoms with E-state index < -0.39 is 0 Å². The molecule has 0 saturated carbocycles. The Hall–Kier alpha value is -3.10. The zero-order chi connectivity index (χ0) is 18.1. The molecule has 1 N–H and O–H groups in total. The van der Waals surface area contributed by atoms with Gasteiger partial charge in [0, 0.05) is 18.3 Å². The molecule has 0 atom stereocenters. The number of imidazole rings is 1. The molecule has 1 aromatic carbocycles. The Morgan fingerprint density at radius 2 is 2.04 bits per heavy atom. The number of halogens is 1. The van der Waals surface area contributed by atoms with Gasteiger partial charge in [0.1, 0.15) is 23.0 Å². The van der Waals surface area contributed by atoms with Gasteiger partial charge in [0.15, 0.2) is 0 Å². The number of rotatable bonds is 4. The standard InChI is InChI=1S/C21H16FN3S/c1-3-16-9-11-26-20(16)19-21(23-13-15-4-6-17(22)7-5-15)25-10-8-14(2)12-18(25)24-19/h1,4-12,23H,13H2,2H3. The summed E-state index contributed by atoms with van der Waals surface area (Å²) in [6.45, 7) is 2.60. The van der Waals surface area contributed by atoms with E-state index in [2.05, 4.69) is 11.2 Å². The van der Waals surface area contributed by atoms with Gasteiger partial charge in [-0.05, 0) is 53.8 Å². The summed E-state index contributed by atoms with van der Waals surface area (Å²) >= 11 is 1.58.